The maximum Gasteiger partial charge on any atom is 0.214 e. The molecule has 0 radical (unpaired) electrons. The van der Waals surface area contributed by atoms with Crippen LogP contribution in [0.3, 0.4) is 0 Å². The number of nitriles is 1. The Labute approximate surface area is 247 Å². The topological polar surface area (TPSA) is 90.0 Å². The number of benzene rings is 3. The molecule has 2 aromatic heterocycles. The summed E-state index contributed by atoms with van der Waals surface area (Å²) in [5, 5.41) is 8.93. The number of Topliss-reactive ketones (excluding diaryl/α,β-unsaturated/α-hetero) is 1. The van der Waals surface area contributed by atoms with Crippen LogP contribution in [0.4, 0.5) is 8.78 Å². The summed E-state index contributed by atoms with van der Waals surface area (Å²) in [6.45, 7) is 2.76. The molecular formula is C34H28F2N4O3. The lowest BCUT2D eigenvalue weighted by Crippen LogP contribution is -2.17. The Morgan fingerprint density at radius 3 is 2.63 bits per heavy atom. The van der Waals surface area contributed by atoms with Crippen molar-refractivity contribution in [3.8, 4) is 23.2 Å². The van der Waals surface area contributed by atoms with E-state index in [0.29, 0.717) is 46.9 Å². The van der Waals surface area contributed by atoms with Crippen molar-refractivity contribution in [1.29, 1.82) is 5.26 Å². The molecule has 43 heavy (non-hydrogen) atoms. The Balaban J connectivity index is 1.23. The highest BCUT2D eigenvalue weighted by atomic mass is 19.1. The monoisotopic (exact) mass is 578 g/mol. The van der Waals surface area contributed by atoms with Gasteiger partial charge in [-0.15, -0.1) is 0 Å². The maximum atomic E-state index is 15.5. The lowest BCUT2D eigenvalue weighted by atomic mass is 10.1. The first kappa shape index (κ1) is 28.2. The van der Waals surface area contributed by atoms with Gasteiger partial charge in [0.15, 0.2) is 5.78 Å². The van der Waals surface area contributed by atoms with Gasteiger partial charge < -0.3 is 14.0 Å². The fourth-order valence-corrected chi connectivity index (χ4v) is 5.28. The third kappa shape index (κ3) is 6.15. The van der Waals surface area contributed by atoms with Gasteiger partial charge in [-0.25, -0.2) is 18.7 Å². The molecule has 1 fully saturated rings. The molecule has 7 nitrogen and oxygen atoms in total. The molecule has 0 spiro atoms. The summed E-state index contributed by atoms with van der Waals surface area (Å²) in [7, 11) is 0. The summed E-state index contributed by atoms with van der Waals surface area (Å²) in [6, 6.07) is 21.6. The minimum atomic E-state index is -0.531. The van der Waals surface area contributed by atoms with Gasteiger partial charge in [0.05, 0.1) is 41.0 Å². The van der Waals surface area contributed by atoms with Gasteiger partial charge in [0.1, 0.15) is 24.1 Å². The van der Waals surface area contributed by atoms with Gasteiger partial charge in [-0.05, 0) is 67.8 Å². The average Bonchev–Trinajstić information content (AvgIpc) is 3.65. The smallest absolute Gasteiger partial charge is 0.214 e. The van der Waals surface area contributed by atoms with Crippen molar-refractivity contribution >= 4 is 16.8 Å². The molecule has 0 unspecified atom stereocenters. The lowest BCUT2D eigenvalue weighted by Gasteiger charge is -2.15. The van der Waals surface area contributed by atoms with Crippen molar-refractivity contribution < 1.29 is 23.0 Å². The molecule has 3 aromatic carbocycles. The van der Waals surface area contributed by atoms with Crippen LogP contribution in [0, 0.1) is 23.0 Å². The maximum absolute atomic E-state index is 15.5. The number of nitrogens with zero attached hydrogens (tertiary/aromatic N) is 4. The summed E-state index contributed by atoms with van der Waals surface area (Å²) in [5.41, 5.74) is 4.25. The van der Waals surface area contributed by atoms with E-state index in [9.17, 15) is 9.18 Å². The highest BCUT2D eigenvalue weighted by molar-refractivity contribution is 5.97. The Bertz CT molecular complexity index is 1870. The second-order valence-electron chi connectivity index (χ2n) is 10.6. The number of ketones is 1. The van der Waals surface area contributed by atoms with Crippen molar-refractivity contribution in [2.75, 3.05) is 6.61 Å². The van der Waals surface area contributed by atoms with Crippen molar-refractivity contribution in [2.24, 2.45) is 0 Å². The van der Waals surface area contributed by atoms with E-state index >= 15 is 4.39 Å². The third-order valence-corrected chi connectivity index (χ3v) is 7.62. The van der Waals surface area contributed by atoms with Crippen LogP contribution in [0.1, 0.15) is 52.6 Å². The van der Waals surface area contributed by atoms with E-state index in [-0.39, 0.29) is 36.4 Å². The molecule has 216 valence electrons. The Morgan fingerprint density at radius 2 is 1.88 bits per heavy atom. The number of aromatic nitrogens is 3. The van der Waals surface area contributed by atoms with Crippen molar-refractivity contribution in [3.05, 3.63) is 113 Å². The van der Waals surface area contributed by atoms with E-state index in [2.05, 4.69) is 4.98 Å². The third-order valence-electron chi connectivity index (χ3n) is 7.62. The number of ether oxygens (including phenoxy) is 2. The highest BCUT2D eigenvalue weighted by Gasteiger charge is 2.21. The number of hydrogen-bond donors (Lipinski definition) is 0. The molecule has 0 N–H and O–H groups in total. The van der Waals surface area contributed by atoms with Crippen LogP contribution in [0.2, 0.25) is 0 Å². The van der Waals surface area contributed by atoms with Crippen LogP contribution >= 0.6 is 0 Å². The van der Waals surface area contributed by atoms with Gasteiger partial charge >= 0.3 is 0 Å². The molecule has 1 aliphatic heterocycles. The zero-order valence-electron chi connectivity index (χ0n) is 23.5. The summed E-state index contributed by atoms with van der Waals surface area (Å²) in [4.78, 5) is 21.3. The SMILES string of the molecule is CC(=O)c1ccc2nc(Cc3ccc(-c4cccc(OCc5ccc(C#N)cc5F)n4)cc3F)n(C[C@H]3CCCO3)c2c1. The van der Waals surface area contributed by atoms with Crippen molar-refractivity contribution in [2.45, 2.75) is 45.4 Å². The molecule has 5 aromatic rings. The average molecular weight is 579 g/mol. The second kappa shape index (κ2) is 12.1. The largest absolute Gasteiger partial charge is 0.473 e. The van der Waals surface area contributed by atoms with Crippen LogP contribution in [-0.2, 0) is 24.3 Å². The molecule has 0 saturated carbocycles. The zero-order valence-corrected chi connectivity index (χ0v) is 23.5. The normalized spacial score (nSPS) is 14.6. The Hall–Kier alpha value is -4.94. The predicted molar refractivity (Wildman–Crippen MR) is 157 cm³/mol. The summed E-state index contributed by atoms with van der Waals surface area (Å²) < 4.78 is 43.4. The minimum absolute atomic E-state index is 0.0283. The predicted octanol–water partition coefficient (Wildman–Crippen LogP) is 6.80. The van der Waals surface area contributed by atoms with Crippen LogP contribution in [0.5, 0.6) is 5.88 Å². The second-order valence-corrected chi connectivity index (χ2v) is 10.6. The van der Waals surface area contributed by atoms with E-state index in [4.69, 9.17) is 19.7 Å². The Morgan fingerprint density at radius 1 is 1.05 bits per heavy atom. The molecule has 0 bridgehead atoms. The van der Waals surface area contributed by atoms with Gasteiger partial charge in [0, 0.05) is 35.8 Å². The first-order valence-electron chi connectivity index (χ1n) is 14.1. The number of carbonyl (C=O) groups excluding carboxylic acids is 1. The number of halogens is 2. The number of fused-ring (bicyclic) bond motifs is 1. The zero-order chi connectivity index (χ0) is 29.9. The van der Waals surface area contributed by atoms with Gasteiger partial charge in [-0.2, -0.15) is 5.26 Å². The number of carbonyl (C=O) groups is 1. The van der Waals surface area contributed by atoms with Crippen molar-refractivity contribution in [1.82, 2.24) is 14.5 Å². The van der Waals surface area contributed by atoms with Gasteiger partial charge in [0.25, 0.3) is 0 Å². The molecule has 0 amide bonds. The molecular weight excluding hydrogens is 550 g/mol. The standard InChI is InChI=1S/C34H28F2N4O3/c1-21(41)23-11-12-31-32(16-23)40(19-27-4-3-13-42-27)33(38-31)17-24-9-10-25(15-29(24)36)30-5-2-6-34(39-30)43-20-26-8-7-22(18-37)14-28(26)35/h2,5-12,14-16,27H,3-4,13,17,19-20H2,1H3/t27-/m1/s1. The van der Waals surface area contributed by atoms with E-state index in [1.54, 1.807) is 36.4 Å². The fraction of sp³-hybridized carbons (Fsp3) is 0.235. The number of rotatable bonds is 9. The first-order chi connectivity index (χ1) is 20.9. The highest BCUT2D eigenvalue weighted by Crippen LogP contribution is 2.27. The van der Waals surface area contributed by atoms with Crippen LogP contribution in [0.15, 0.2) is 72.8 Å². The summed E-state index contributed by atoms with van der Waals surface area (Å²) >= 11 is 0. The number of imidazole rings is 1. The Kier molecular flexibility index (Phi) is 7.95. The van der Waals surface area contributed by atoms with E-state index in [1.165, 1.54) is 25.1 Å². The summed E-state index contributed by atoms with van der Waals surface area (Å²) in [6.07, 6.45) is 2.23. The fourth-order valence-electron chi connectivity index (χ4n) is 5.28. The van der Waals surface area contributed by atoms with Gasteiger partial charge in [-0.3, -0.25) is 4.79 Å². The summed E-state index contributed by atoms with van der Waals surface area (Å²) in [5.74, 6) is 0.00116. The molecule has 1 saturated heterocycles. The van der Waals surface area contributed by atoms with E-state index in [1.807, 2.05) is 22.8 Å². The number of hydrogen-bond acceptors (Lipinski definition) is 6. The minimum Gasteiger partial charge on any atom is -0.473 e. The molecule has 9 heteroatoms. The first-order valence-corrected chi connectivity index (χ1v) is 14.1. The van der Waals surface area contributed by atoms with E-state index in [0.717, 1.165) is 29.9 Å². The van der Waals surface area contributed by atoms with Crippen molar-refractivity contribution in [3.63, 3.8) is 0 Å². The van der Waals surface area contributed by atoms with Crippen LogP contribution < -0.4 is 4.74 Å². The quantitative estimate of drug-likeness (QED) is 0.179. The molecule has 0 aliphatic carbocycles. The van der Waals surface area contributed by atoms with Crippen LogP contribution in [0.25, 0.3) is 22.3 Å². The van der Waals surface area contributed by atoms with E-state index < -0.39 is 11.6 Å². The van der Waals surface area contributed by atoms with Gasteiger partial charge in [-0.1, -0.05) is 24.3 Å². The number of pyridine rings is 1. The molecule has 1 aliphatic rings. The van der Waals surface area contributed by atoms with Crippen LogP contribution in [-0.4, -0.2) is 33.0 Å². The molecule has 6 rings (SSSR count). The molecule has 1 atom stereocenters. The molecule has 3 heterocycles. The lowest BCUT2D eigenvalue weighted by molar-refractivity contribution is 0.0973. The van der Waals surface area contributed by atoms with Gasteiger partial charge in [0.2, 0.25) is 5.88 Å².